The number of hydrogen-bond acceptors (Lipinski definition) is 3. The average Bonchev–Trinajstić information content (AvgIpc) is 2.94. The van der Waals surface area contributed by atoms with Crippen LogP contribution < -0.4 is 5.32 Å². The van der Waals surface area contributed by atoms with Crippen molar-refractivity contribution >= 4 is 11.7 Å². The van der Waals surface area contributed by atoms with Crippen molar-refractivity contribution in [1.29, 1.82) is 0 Å². The highest BCUT2D eigenvalue weighted by molar-refractivity contribution is 5.89. The van der Waals surface area contributed by atoms with Crippen molar-refractivity contribution in [2.45, 2.75) is 25.9 Å². The molecule has 3 rings (SSSR count). The lowest BCUT2D eigenvalue weighted by molar-refractivity contribution is 0.0883. The van der Waals surface area contributed by atoms with Crippen molar-refractivity contribution in [3.63, 3.8) is 0 Å². The molecule has 1 aromatic carbocycles. The predicted octanol–water partition coefficient (Wildman–Crippen LogP) is 2.17. The number of carbonyl (C=O) groups excluding carboxylic acids is 1. The summed E-state index contributed by atoms with van der Waals surface area (Å²) in [6.45, 7) is 3.05. The second-order valence-corrected chi connectivity index (χ2v) is 5.61. The fourth-order valence-corrected chi connectivity index (χ4v) is 2.70. The molecule has 22 heavy (non-hydrogen) atoms. The molecule has 1 aliphatic rings. The zero-order valence-electron chi connectivity index (χ0n) is 12.6. The molecule has 0 spiro atoms. The molecule has 1 aromatic heterocycles. The number of nitrogens with zero attached hydrogens (tertiary/aromatic N) is 3. The third-order valence-electron chi connectivity index (χ3n) is 3.86. The van der Waals surface area contributed by atoms with Gasteiger partial charge in [0.25, 0.3) is 0 Å². The molecule has 0 saturated carbocycles. The zero-order valence-corrected chi connectivity index (χ0v) is 12.6. The summed E-state index contributed by atoms with van der Waals surface area (Å²) in [7, 11) is 0. The van der Waals surface area contributed by atoms with Gasteiger partial charge in [-0.3, -0.25) is 0 Å². The SMILES string of the molecule is Cc1ccnn1-c1cccc(NC(=O)N2CCC[C@@H](O)C2)c1. The Morgan fingerprint density at radius 2 is 2.27 bits per heavy atom. The van der Waals surface area contributed by atoms with E-state index in [9.17, 15) is 9.90 Å². The smallest absolute Gasteiger partial charge is 0.321 e. The normalized spacial score (nSPS) is 18.3. The van der Waals surface area contributed by atoms with Gasteiger partial charge < -0.3 is 15.3 Å². The van der Waals surface area contributed by atoms with Gasteiger partial charge in [-0.2, -0.15) is 5.10 Å². The second kappa shape index (κ2) is 6.19. The third kappa shape index (κ3) is 3.12. The summed E-state index contributed by atoms with van der Waals surface area (Å²) >= 11 is 0. The number of anilines is 1. The highest BCUT2D eigenvalue weighted by Crippen LogP contribution is 2.17. The molecule has 2 N–H and O–H groups in total. The fraction of sp³-hybridized carbons (Fsp3) is 0.375. The number of piperidine rings is 1. The van der Waals surface area contributed by atoms with Gasteiger partial charge in [-0.15, -0.1) is 0 Å². The summed E-state index contributed by atoms with van der Waals surface area (Å²) < 4.78 is 1.82. The van der Waals surface area contributed by atoms with Crippen molar-refractivity contribution < 1.29 is 9.90 Å². The van der Waals surface area contributed by atoms with E-state index in [1.54, 1.807) is 11.1 Å². The summed E-state index contributed by atoms with van der Waals surface area (Å²) in [5.41, 5.74) is 2.65. The van der Waals surface area contributed by atoms with E-state index in [1.165, 1.54) is 0 Å². The van der Waals surface area contributed by atoms with Crippen molar-refractivity contribution in [3.05, 3.63) is 42.2 Å². The molecule has 116 valence electrons. The number of benzene rings is 1. The number of urea groups is 1. The third-order valence-corrected chi connectivity index (χ3v) is 3.86. The Labute approximate surface area is 129 Å². The number of β-amino-alcohol motifs (C(OH)–C–C–N with tert-alkyl or cyclic N) is 1. The molecule has 2 aromatic rings. The number of carbonyl (C=O) groups is 1. The predicted molar refractivity (Wildman–Crippen MR) is 84.1 cm³/mol. The van der Waals surface area contributed by atoms with Gasteiger partial charge in [0.2, 0.25) is 0 Å². The molecule has 6 heteroatoms. The summed E-state index contributed by atoms with van der Waals surface area (Å²) in [4.78, 5) is 13.9. The van der Waals surface area contributed by atoms with E-state index in [1.807, 2.05) is 41.9 Å². The number of likely N-dealkylation sites (tertiary alicyclic amines) is 1. The molecule has 2 heterocycles. The maximum atomic E-state index is 12.3. The summed E-state index contributed by atoms with van der Waals surface area (Å²) in [6.07, 6.45) is 2.92. The van der Waals surface area contributed by atoms with Crippen LogP contribution in [0, 0.1) is 6.92 Å². The largest absolute Gasteiger partial charge is 0.391 e. The summed E-state index contributed by atoms with van der Waals surface area (Å²) in [6, 6.07) is 9.32. The van der Waals surface area contributed by atoms with Gasteiger partial charge in [-0.1, -0.05) is 6.07 Å². The van der Waals surface area contributed by atoms with Crippen LogP contribution >= 0.6 is 0 Å². The standard InChI is InChI=1S/C16H20N4O2/c1-12-7-8-17-20(12)14-5-2-4-13(10-14)18-16(22)19-9-3-6-15(21)11-19/h2,4-5,7-8,10,15,21H,3,6,9,11H2,1H3,(H,18,22)/t15-/m1/s1. The summed E-state index contributed by atoms with van der Waals surface area (Å²) in [5, 5.41) is 16.8. The van der Waals surface area contributed by atoms with Crippen LogP contribution in [0.4, 0.5) is 10.5 Å². The minimum atomic E-state index is -0.419. The molecule has 1 saturated heterocycles. The highest BCUT2D eigenvalue weighted by Gasteiger charge is 2.22. The van der Waals surface area contributed by atoms with Gasteiger partial charge in [-0.05, 0) is 44.0 Å². The van der Waals surface area contributed by atoms with E-state index in [-0.39, 0.29) is 6.03 Å². The molecule has 1 aliphatic heterocycles. The molecule has 0 aliphatic carbocycles. The molecule has 1 fully saturated rings. The lowest BCUT2D eigenvalue weighted by Crippen LogP contribution is -2.44. The van der Waals surface area contributed by atoms with Crippen molar-refractivity contribution in [2.75, 3.05) is 18.4 Å². The first-order chi connectivity index (χ1) is 10.6. The van der Waals surface area contributed by atoms with Crippen LogP contribution in [0.15, 0.2) is 36.5 Å². The lowest BCUT2D eigenvalue weighted by atomic mass is 10.1. The Hall–Kier alpha value is -2.34. The molecule has 1 atom stereocenters. The number of aliphatic hydroxyl groups excluding tert-OH is 1. The van der Waals surface area contributed by atoms with Gasteiger partial charge in [0.05, 0.1) is 11.8 Å². The number of nitrogens with one attached hydrogen (secondary N) is 1. The Balaban J connectivity index is 1.73. The maximum absolute atomic E-state index is 12.3. The van der Waals surface area contributed by atoms with Gasteiger partial charge in [0.15, 0.2) is 0 Å². The number of amides is 2. The Morgan fingerprint density at radius 1 is 1.41 bits per heavy atom. The zero-order chi connectivity index (χ0) is 15.5. The van der Waals surface area contributed by atoms with Crippen LogP contribution in [-0.4, -0.2) is 45.0 Å². The molecular weight excluding hydrogens is 280 g/mol. The molecule has 6 nitrogen and oxygen atoms in total. The Kier molecular flexibility index (Phi) is 4.11. The maximum Gasteiger partial charge on any atom is 0.321 e. The van der Waals surface area contributed by atoms with Crippen LogP contribution in [0.3, 0.4) is 0 Å². The van der Waals surface area contributed by atoms with Crippen molar-refractivity contribution in [1.82, 2.24) is 14.7 Å². The van der Waals surface area contributed by atoms with Gasteiger partial charge >= 0.3 is 6.03 Å². The number of aromatic nitrogens is 2. The highest BCUT2D eigenvalue weighted by atomic mass is 16.3. The van der Waals surface area contributed by atoms with Crippen LogP contribution in [0.25, 0.3) is 5.69 Å². The molecule has 0 radical (unpaired) electrons. The van der Waals surface area contributed by atoms with E-state index < -0.39 is 6.10 Å². The first-order valence-corrected chi connectivity index (χ1v) is 7.48. The topological polar surface area (TPSA) is 70.4 Å². The first-order valence-electron chi connectivity index (χ1n) is 7.48. The van der Waals surface area contributed by atoms with Gasteiger partial charge in [-0.25, -0.2) is 9.48 Å². The summed E-state index contributed by atoms with van der Waals surface area (Å²) in [5.74, 6) is 0. The van der Waals surface area contributed by atoms with E-state index in [0.717, 1.165) is 29.9 Å². The molecule has 0 unspecified atom stereocenters. The first kappa shape index (κ1) is 14.6. The number of hydrogen-bond donors (Lipinski definition) is 2. The second-order valence-electron chi connectivity index (χ2n) is 5.61. The molecule has 0 bridgehead atoms. The number of rotatable bonds is 2. The van der Waals surface area contributed by atoms with Crippen LogP contribution in [0.1, 0.15) is 18.5 Å². The fourth-order valence-electron chi connectivity index (χ4n) is 2.70. The van der Waals surface area contributed by atoms with E-state index in [2.05, 4.69) is 10.4 Å². The van der Waals surface area contributed by atoms with E-state index >= 15 is 0 Å². The van der Waals surface area contributed by atoms with Gasteiger partial charge in [0.1, 0.15) is 0 Å². The monoisotopic (exact) mass is 300 g/mol. The van der Waals surface area contributed by atoms with Crippen LogP contribution in [0.2, 0.25) is 0 Å². The minimum absolute atomic E-state index is 0.173. The minimum Gasteiger partial charge on any atom is -0.391 e. The molecule has 2 amide bonds. The molecular formula is C16H20N4O2. The van der Waals surface area contributed by atoms with Gasteiger partial charge in [0, 0.05) is 30.7 Å². The van der Waals surface area contributed by atoms with E-state index in [4.69, 9.17) is 0 Å². The van der Waals surface area contributed by atoms with Crippen LogP contribution in [0.5, 0.6) is 0 Å². The quantitative estimate of drug-likeness (QED) is 0.893. The Bertz CT molecular complexity index is 668. The number of aryl methyl sites for hydroxylation is 1. The average molecular weight is 300 g/mol. The van der Waals surface area contributed by atoms with Crippen LogP contribution in [-0.2, 0) is 0 Å². The lowest BCUT2D eigenvalue weighted by Gasteiger charge is -2.30. The Morgan fingerprint density at radius 3 is 3.00 bits per heavy atom. The van der Waals surface area contributed by atoms with E-state index in [0.29, 0.717) is 13.1 Å². The number of aliphatic hydroxyl groups is 1. The van der Waals surface area contributed by atoms with Crippen molar-refractivity contribution in [2.24, 2.45) is 0 Å². The van der Waals surface area contributed by atoms with Crippen molar-refractivity contribution in [3.8, 4) is 5.69 Å².